The van der Waals surface area contributed by atoms with Gasteiger partial charge in [-0.15, -0.1) is 5.10 Å². The summed E-state index contributed by atoms with van der Waals surface area (Å²) >= 11 is 0. The van der Waals surface area contributed by atoms with Gasteiger partial charge in [0.2, 0.25) is 0 Å². The SMILES string of the molecule is O=C(c1ccc2[nH]nnc2c1)N1C[C@@H]2[C@H](C1)[C@H]1CN(C(=O)c3cc(OCC4CC4)c4ccccc4n3)C[C@@H]21. The van der Waals surface area contributed by atoms with Gasteiger partial charge in [-0.25, -0.2) is 4.98 Å². The van der Waals surface area contributed by atoms with Crippen LogP contribution in [0.5, 0.6) is 5.75 Å². The van der Waals surface area contributed by atoms with E-state index in [1.54, 1.807) is 0 Å². The van der Waals surface area contributed by atoms with Crippen LogP contribution in [0, 0.1) is 29.6 Å². The van der Waals surface area contributed by atoms with Crippen LogP contribution >= 0.6 is 0 Å². The Morgan fingerprint density at radius 3 is 2.32 bits per heavy atom. The van der Waals surface area contributed by atoms with Crippen LogP contribution in [0.4, 0.5) is 0 Å². The zero-order valence-corrected chi connectivity index (χ0v) is 20.9. The molecule has 4 heterocycles. The third-order valence-electron chi connectivity index (χ3n) is 9.14. The standard InChI is InChI=1S/C29H28N6O3/c36-28(17-7-8-24-25(9-17)32-33-31-24)34-11-19-20(12-34)22-14-35(13-21(19)22)29(37)26-10-27(38-15-16-5-6-16)18-3-1-2-4-23(18)30-26/h1-4,7-10,16,19-22H,5-6,11-15H2,(H,31,32,33)/t19-,20+,21+,22-. The minimum atomic E-state index is -0.0201. The molecule has 8 rings (SSSR count). The number of nitrogens with one attached hydrogen (secondary N) is 1. The second-order valence-electron chi connectivity index (χ2n) is 11.4. The third-order valence-corrected chi connectivity index (χ3v) is 9.14. The molecule has 2 aromatic carbocycles. The van der Waals surface area contributed by atoms with Crippen LogP contribution in [0.25, 0.3) is 21.9 Å². The van der Waals surface area contributed by atoms with Crippen molar-refractivity contribution in [2.75, 3.05) is 32.8 Å². The Balaban J connectivity index is 0.969. The minimum absolute atomic E-state index is 0.0201. The highest BCUT2D eigenvalue weighted by Crippen LogP contribution is 2.54. The number of hydrogen-bond acceptors (Lipinski definition) is 6. The van der Waals surface area contributed by atoms with Crippen molar-refractivity contribution >= 4 is 33.8 Å². The minimum Gasteiger partial charge on any atom is -0.493 e. The van der Waals surface area contributed by atoms with E-state index in [1.807, 2.05) is 58.3 Å². The van der Waals surface area contributed by atoms with Crippen molar-refractivity contribution in [3.8, 4) is 5.75 Å². The van der Waals surface area contributed by atoms with Crippen molar-refractivity contribution in [1.82, 2.24) is 30.2 Å². The normalized spacial score (nSPS) is 25.9. The van der Waals surface area contributed by atoms with Crippen LogP contribution in [0.2, 0.25) is 0 Å². The van der Waals surface area contributed by atoms with Crippen LogP contribution in [0.1, 0.15) is 33.7 Å². The zero-order valence-electron chi connectivity index (χ0n) is 20.9. The zero-order chi connectivity index (χ0) is 25.4. The number of carbonyl (C=O) groups excluding carboxylic acids is 2. The van der Waals surface area contributed by atoms with E-state index < -0.39 is 0 Å². The van der Waals surface area contributed by atoms with Crippen molar-refractivity contribution < 1.29 is 14.3 Å². The molecule has 4 fully saturated rings. The Bertz CT molecular complexity index is 1580. The van der Waals surface area contributed by atoms with Crippen molar-refractivity contribution in [1.29, 1.82) is 0 Å². The number of H-pyrrole nitrogens is 1. The number of nitrogens with zero attached hydrogens (tertiary/aromatic N) is 5. The van der Waals surface area contributed by atoms with Gasteiger partial charge < -0.3 is 14.5 Å². The van der Waals surface area contributed by atoms with Crippen LogP contribution in [0.15, 0.2) is 48.5 Å². The second kappa shape index (κ2) is 8.24. The molecule has 0 unspecified atom stereocenters. The molecule has 4 atom stereocenters. The molecule has 0 spiro atoms. The fourth-order valence-corrected chi connectivity index (χ4v) is 6.89. The summed E-state index contributed by atoms with van der Waals surface area (Å²) in [6.45, 7) is 3.64. The molecule has 2 saturated heterocycles. The molecule has 9 nitrogen and oxygen atoms in total. The molecule has 192 valence electrons. The Morgan fingerprint density at radius 1 is 0.868 bits per heavy atom. The van der Waals surface area contributed by atoms with Crippen LogP contribution in [-0.2, 0) is 0 Å². The maximum Gasteiger partial charge on any atom is 0.272 e. The summed E-state index contributed by atoms with van der Waals surface area (Å²) in [5.41, 5.74) is 3.43. The summed E-state index contributed by atoms with van der Waals surface area (Å²) in [4.78, 5) is 35.5. The van der Waals surface area contributed by atoms with Crippen LogP contribution in [-0.4, -0.2) is 74.8 Å². The Labute approximate surface area is 219 Å². The Morgan fingerprint density at radius 2 is 1.58 bits per heavy atom. The van der Waals surface area contributed by atoms with E-state index in [4.69, 9.17) is 9.72 Å². The summed E-state index contributed by atoms with van der Waals surface area (Å²) in [6, 6.07) is 15.2. The fourth-order valence-electron chi connectivity index (χ4n) is 6.89. The van der Waals surface area contributed by atoms with E-state index in [9.17, 15) is 9.59 Å². The number of rotatable bonds is 5. The van der Waals surface area contributed by atoms with Gasteiger partial charge in [0.15, 0.2) is 0 Å². The number of likely N-dealkylation sites (tertiary alicyclic amines) is 2. The molecule has 2 aromatic heterocycles. The summed E-state index contributed by atoms with van der Waals surface area (Å²) in [6.07, 6.45) is 2.43. The highest BCUT2D eigenvalue weighted by molar-refractivity contribution is 5.98. The number of ether oxygens (including phenoxy) is 1. The number of carbonyl (C=O) groups is 2. The van der Waals surface area contributed by atoms with Gasteiger partial charge in [-0.3, -0.25) is 14.7 Å². The predicted molar refractivity (Wildman–Crippen MR) is 140 cm³/mol. The van der Waals surface area contributed by atoms with Gasteiger partial charge in [-0.2, -0.15) is 0 Å². The number of aromatic nitrogens is 4. The van der Waals surface area contributed by atoms with Crippen molar-refractivity contribution in [2.24, 2.45) is 29.6 Å². The number of fused-ring (bicyclic) bond motifs is 6. The van der Waals surface area contributed by atoms with Crippen molar-refractivity contribution in [3.63, 3.8) is 0 Å². The van der Waals surface area contributed by atoms with Gasteiger partial charge in [-0.1, -0.05) is 17.3 Å². The van der Waals surface area contributed by atoms with E-state index in [0.717, 1.165) is 48.3 Å². The Kier molecular flexibility index (Phi) is 4.78. The molecule has 2 aliphatic heterocycles. The average molecular weight is 509 g/mol. The van der Waals surface area contributed by atoms with Crippen molar-refractivity contribution in [3.05, 3.63) is 59.8 Å². The third kappa shape index (κ3) is 3.48. The molecule has 2 amide bonds. The first-order chi connectivity index (χ1) is 18.6. The van der Waals surface area contributed by atoms with Crippen LogP contribution in [0.3, 0.4) is 0 Å². The molecular formula is C29H28N6O3. The number of benzene rings is 2. The molecule has 4 aromatic rings. The lowest BCUT2D eigenvalue weighted by molar-refractivity contribution is 0.0629. The van der Waals surface area contributed by atoms with E-state index in [-0.39, 0.29) is 11.8 Å². The summed E-state index contributed by atoms with van der Waals surface area (Å²) in [5, 5.41) is 11.6. The first-order valence-electron chi connectivity index (χ1n) is 13.5. The number of para-hydroxylation sites is 1. The van der Waals surface area contributed by atoms with E-state index in [1.165, 1.54) is 12.8 Å². The monoisotopic (exact) mass is 508 g/mol. The van der Waals surface area contributed by atoms with E-state index in [2.05, 4.69) is 15.4 Å². The van der Waals surface area contributed by atoms with E-state index >= 15 is 0 Å². The topological polar surface area (TPSA) is 104 Å². The molecule has 2 aliphatic carbocycles. The highest BCUT2D eigenvalue weighted by Gasteiger charge is 2.59. The number of aromatic amines is 1. The smallest absolute Gasteiger partial charge is 0.272 e. The van der Waals surface area contributed by atoms with Gasteiger partial charge in [0.1, 0.15) is 17.0 Å². The number of hydrogen-bond donors (Lipinski definition) is 1. The molecular weight excluding hydrogens is 480 g/mol. The largest absolute Gasteiger partial charge is 0.493 e. The molecule has 38 heavy (non-hydrogen) atoms. The number of pyridine rings is 1. The summed E-state index contributed by atoms with van der Waals surface area (Å²) < 4.78 is 6.14. The van der Waals surface area contributed by atoms with Gasteiger partial charge in [0.25, 0.3) is 11.8 Å². The summed E-state index contributed by atoms with van der Waals surface area (Å²) in [7, 11) is 0. The lowest BCUT2D eigenvalue weighted by Gasteiger charge is -2.42. The molecule has 0 bridgehead atoms. The fraction of sp³-hybridized carbons (Fsp3) is 0.414. The van der Waals surface area contributed by atoms with Gasteiger partial charge in [-0.05, 0) is 72.8 Å². The first-order valence-corrected chi connectivity index (χ1v) is 13.5. The summed E-state index contributed by atoms with van der Waals surface area (Å²) in [5.74, 6) is 3.17. The molecule has 1 N–H and O–H groups in total. The quantitative estimate of drug-likeness (QED) is 0.443. The van der Waals surface area contributed by atoms with E-state index in [0.29, 0.717) is 53.0 Å². The molecule has 4 aliphatic rings. The molecule has 9 heteroatoms. The van der Waals surface area contributed by atoms with Crippen LogP contribution < -0.4 is 4.74 Å². The molecule has 2 saturated carbocycles. The van der Waals surface area contributed by atoms with Crippen molar-refractivity contribution in [2.45, 2.75) is 12.8 Å². The van der Waals surface area contributed by atoms with Gasteiger partial charge >= 0.3 is 0 Å². The number of amides is 2. The maximum absolute atomic E-state index is 13.6. The predicted octanol–water partition coefficient (Wildman–Crippen LogP) is 3.39. The van der Waals surface area contributed by atoms with Gasteiger partial charge in [0, 0.05) is 43.2 Å². The van der Waals surface area contributed by atoms with Gasteiger partial charge in [0.05, 0.1) is 17.6 Å². The molecule has 0 radical (unpaired) electrons. The first kappa shape index (κ1) is 22.0. The lowest BCUT2D eigenvalue weighted by Crippen LogP contribution is -2.44. The lowest BCUT2D eigenvalue weighted by atomic mass is 9.60. The maximum atomic E-state index is 13.6. The Hall–Kier alpha value is -4.01. The second-order valence-corrected chi connectivity index (χ2v) is 11.4. The average Bonchev–Trinajstić information content (AvgIpc) is 3.33. The highest BCUT2D eigenvalue weighted by atomic mass is 16.5.